The van der Waals surface area contributed by atoms with Gasteiger partial charge in [0, 0.05) is 14.8 Å². The van der Waals surface area contributed by atoms with Crippen LogP contribution in [0.15, 0.2) is 71.1 Å². The minimum Gasteiger partial charge on any atom is -0.436 e. The topological polar surface area (TPSA) is 67.2 Å². The summed E-state index contributed by atoms with van der Waals surface area (Å²) in [7, 11) is 0. The van der Waals surface area contributed by atoms with Crippen molar-refractivity contribution in [2.24, 2.45) is 0 Å². The number of thiocarbonyl (C=S) groups is 1. The zero-order chi connectivity index (χ0) is 22.7. The molecule has 0 radical (unpaired) electrons. The molecule has 4 aromatic rings. The van der Waals surface area contributed by atoms with E-state index >= 15 is 0 Å². The highest BCUT2D eigenvalue weighted by atomic mass is 127. The van der Waals surface area contributed by atoms with Crippen molar-refractivity contribution in [1.29, 1.82) is 0 Å². The van der Waals surface area contributed by atoms with Crippen molar-refractivity contribution >= 4 is 62.6 Å². The van der Waals surface area contributed by atoms with Gasteiger partial charge in [-0.2, -0.15) is 0 Å². The van der Waals surface area contributed by atoms with Crippen LogP contribution in [0.4, 0.5) is 5.69 Å². The van der Waals surface area contributed by atoms with Gasteiger partial charge in [0.25, 0.3) is 5.91 Å². The molecule has 0 spiro atoms. The second-order valence-corrected chi connectivity index (χ2v) is 9.09. The van der Waals surface area contributed by atoms with Crippen LogP contribution in [0.25, 0.3) is 22.6 Å². The summed E-state index contributed by atoms with van der Waals surface area (Å²) in [5, 5.41) is 6.02. The van der Waals surface area contributed by atoms with E-state index in [4.69, 9.17) is 16.6 Å². The Balaban J connectivity index is 1.50. The number of rotatable bonds is 5. The quantitative estimate of drug-likeness (QED) is 0.211. The van der Waals surface area contributed by atoms with E-state index in [-0.39, 0.29) is 11.0 Å². The lowest BCUT2D eigenvalue weighted by molar-refractivity contribution is 0.0977. The largest absolute Gasteiger partial charge is 0.436 e. The summed E-state index contributed by atoms with van der Waals surface area (Å²) >= 11 is 7.46. The third kappa shape index (κ3) is 4.99. The first-order valence-corrected chi connectivity index (χ1v) is 11.8. The van der Waals surface area contributed by atoms with E-state index in [1.54, 1.807) is 6.07 Å². The molecule has 1 amide bonds. The summed E-state index contributed by atoms with van der Waals surface area (Å²) in [5.41, 5.74) is 4.99. The summed E-state index contributed by atoms with van der Waals surface area (Å²) in [4.78, 5) is 17.2. The molecule has 0 saturated carbocycles. The van der Waals surface area contributed by atoms with E-state index in [0.29, 0.717) is 17.4 Å². The predicted molar refractivity (Wildman–Crippen MR) is 141 cm³/mol. The Kier molecular flexibility index (Phi) is 6.86. The van der Waals surface area contributed by atoms with Gasteiger partial charge in [-0.25, -0.2) is 4.98 Å². The molecule has 32 heavy (non-hydrogen) atoms. The third-order valence-electron chi connectivity index (χ3n) is 5.31. The van der Waals surface area contributed by atoms with E-state index in [1.807, 2.05) is 48.5 Å². The Bertz CT molecular complexity index is 1300. The molecule has 7 heteroatoms. The average molecular weight is 555 g/mol. The monoisotopic (exact) mass is 555 g/mol. The van der Waals surface area contributed by atoms with Crippen molar-refractivity contribution in [3.63, 3.8) is 0 Å². The lowest BCUT2D eigenvalue weighted by Crippen LogP contribution is -2.34. The van der Waals surface area contributed by atoms with Crippen LogP contribution in [-0.2, 0) is 0 Å². The number of hydrogen-bond donors (Lipinski definition) is 2. The number of oxazole rings is 1. The maximum Gasteiger partial charge on any atom is 0.258 e. The number of carbonyl (C=O) groups is 1. The van der Waals surface area contributed by atoms with Crippen molar-refractivity contribution in [3.05, 3.63) is 81.4 Å². The Morgan fingerprint density at radius 2 is 1.94 bits per heavy atom. The molecule has 0 aliphatic carbocycles. The fraction of sp³-hybridized carbons (Fsp3) is 0.160. The van der Waals surface area contributed by atoms with Crippen molar-refractivity contribution in [2.45, 2.75) is 26.2 Å². The lowest BCUT2D eigenvalue weighted by atomic mass is 9.98. The minimum atomic E-state index is -0.250. The highest BCUT2D eigenvalue weighted by Gasteiger charge is 2.13. The number of anilines is 1. The molecule has 1 atom stereocenters. The third-order valence-corrected chi connectivity index (χ3v) is 6.45. The van der Waals surface area contributed by atoms with Gasteiger partial charge < -0.3 is 9.73 Å². The molecule has 0 fully saturated rings. The molecule has 162 valence electrons. The first-order chi connectivity index (χ1) is 15.4. The van der Waals surface area contributed by atoms with Gasteiger partial charge in [-0.3, -0.25) is 10.1 Å². The fourth-order valence-electron chi connectivity index (χ4n) is 3.32. The van der Waals surface area contributed by atoms with Crippen LogP contribution in [0.3, 0.4) is 0 Å². The van der Waals surface area contributed by atoms with E-state index in [1.165, 1.54) is 5.56 Å². The Morgan fingerprint density at radius 3 is 2.72 bits per heavy atom. The normalized spacial score (nSPS) is 11.8. The van der Waals surface area contributed by atoms with Crippen LogP contribution in [0.2, 0.25) is 0 Å². The molecule has 0 aliphatic heterocycles. The Morgan fingerprint density at radius 1 is 1.12 bits per heavy atom. The number of amides is 1. The van der Waals surface area contributed by atoms with Gasteiger partial charge in [0.2, 0.25) is 5.89 Å². The standard InChI is InChI=1S/C25H22IN3O2S/c1-3-15(2)16-11-12-22-21(14-16)28-24(31-22)17-7-6-8-18(13-17)27-25(32)29-23(30)19-9-4-5-10-20(19)26/h4-15H,3H2,1-2H3,(H2,27,29,30,32). The number of aromatic nitrogens is 1. The van der Waals surface area contributed by atoms with Crippen LogP contribution in [0.1, 0.15) is 42.1 Å². The van der Waals surface area contributed by atoms with Gasteiger partial charge >= 0.3 is 0 Å². The van der Waals surface area contributed by atoms with Crippen molar-refractivity contribution in [3.8, 4) is 11.5 Å². The summed E-state index contributed by atoms with van der Waals surface area (Å²) in [6, 6.07) is 21.1. The van der Waals surface area contributed by atoms with Crippen molar-refractivity contribution < 1.29 is 9.21 Å². The van der Waals surface area contributed by atoms with Crippen LogP contribution in [0, 0.1) is 3.57 Å². The molecule has 2 N–H and O–H groups in total. The molecule has 3 aromatic carbocycles. The molecule has 1 unspecified atom stereocenters. The fourth-order valence-corrected chi connectivity index (χ4v) is 4.16. The Labute approximate surface area is 205 Å². The zero-order valence-electron chi connectivity index (χ0n) is 17.7. The van der Waals surface area contributed by atoms with Crippen molar-refractivity contribution in [1.82, 2.24) is 10.3 Å². The van der Waals surface area contributed by atoms with Gasteiger partial charge in [-0.05, 0) is 95.2 Å². The molecule has 0 aliphatic rings. The highest BCUT2D eigenvalue weighted by molar-refractivity contribution is 14.1. The highest BCUT2D eigenvalue weighted by Crippen LogP contribution is 2.29. The van der Waals surface area contributed by atoms with Gasteiger partial charge in [0.15, 0.2) is 10.7 Å². The lowest BCUT2D eigenvalue weighted by Gasteiger charge is -2.11. The molecule has 0 bridgehead atoms. The van der Waals surface area contributed by atoms with Crippen molar-refractivity contribution in [2.75, 3.05) is 5.32 Å². The van der Waals surface area contributed by atoms with Crippen LogP contribution in [-0.4, -0.2) is 16.0 Å². The first-order valence-electron chi connectivity index (χ1n) is 10.3. The SMILES string of the molecule is CCC(C)c1ccc2oc(-c3cccc(NC(=S)NC(=O)c4ccccc4I)c3)nc2c1. The first kappa shape index (κ1) is 22.4. The summed E-state index contributed by atoms with van der Waals surface area (Å²) in [6.45, 7) is 4.38. The van der Waals surface area contributed by atoms with Crippen LogP contribution in [0.5, 0.6) is 0 Å². The number of benzene rings is 3. The molecular formula is C25H22IN3O2S. The van der Waals surface area contributed by atoms with Gasteiger partial charge in [-0.1, -0.05) is 38.1 Å². The summed E-state index contributed by atoms with van der Waals surface area (Å²) < 4.78 is 6.84. The van der Waals surface area contributed by atoms with Crippen LogP contribution >= 0.6 is 34.8 Å². The number of hydrogen-bond acceptors (Lipinski definition) is 4. The zero-order valence-corrected chi connectivity index (χ0v) is 20.7. The Hall–Kier alpha value is -2.78. The second-order valence-electron chi connectivity index (χ2n) is 7.52. The maximum atomic E-state index is 12.5. The summed E-state index contributed by atoms with van der Waals surface area (Å²) in [6.07, 6.45) is 1.07. The van der Waals surface area contributed by atoms with E-state index in [9.17, 15) is 4.79 Å². The molecule has 1 heterocycles. The number of carbonyl (C=O) groups excluding carboxylic acids is 1. The number of halogens is 1. The smallest absolute Gasteiger partial charge is 0.258 e. The number of fused-ring (bicyclic) bond motifs is 1. The van der Waals surface area contributed by atoms with Gasteiger partial charge in [-0.15, -0.1) is 0 Å². The average Bonchev–Trinajstić information content (AvgIpc) is 3.22. The molecular weight excluding hydrogens is 533 g/mol. The second kappa shape index (κ2) is 9.79. The minimum absolute atomic E-state index is 0.225. The van der Waals surface area contributed by atoms with Gasteiger partial charge in [0.05, 0.1) is 5.56 Å². The predicted octanol–water partition coefficient (Wildman–Crippen LogP) is 6.74. The molecule has 1 aromatic heterocycles. The van der Waals surface area contributed by atoms with E-state index in [2.05, 4.69) is 64.2 Å². The number of nitrogens with zero attached hydrogens (tertiary/aromatic N) is 1. The van der Waals surface area contributed by atoms with Crippen LogP contribution < -0.4 is 10.6 Å². The van der Waals surface area contributed by atoms with E-state index in [0.717, 1.165) is 32.3 Å². The number of nitrogens with one attached hydrogen (secondary N) is 2. The molecule has 5 nitrogen and oxygen atoms in total. The summed E-state index contributed by atoms with van der Waals surface area (Å²) in [5.74, 6) is 0.765. The maximum absolute atomic E-state index is 12.5. The molecule has 4 rings (SSSR count). The molecule has 0 saturated heterocycles. The van der Waals surface area contributed by atoms with E-state index < -0.39 is 0 Å². The van der Waals surface area contributed by atoms with Gasteiger partial charge in [0.1, 0.15) is 5.52 Å².